The lowest BCUT2D eigenvalue weighted by atomic mass is 10.0. The van der Waals surface area contributed by atoms with Crippen LogP contribution < -0.4 is 0 Å². The standard InChI is InChI=1S/C8H10F5N3/c1-4(2)3-5-6(15-16-14-5)7(9,10)8(11,12)13/h4H,3H2,1-2H3,(H,14,15,16). The largest absolute Gasteiger partial charge is 0.459 e. The van der Waals surface area contributed by atoms with E-state index in [1.165, 1.54) is 0 Å². The van der Waals surface area contributed by atoms with Crippen LogP contribution in [-0.4, -0.2) is 21.6 Å². The average molecular weight is 243 g/mol. The maximum atomic E-state index is 13.0. The Labute approximate surface area is 88.0 Å². The second-order valence-corrected chi connectivity index (χ2v) is 3.79. The first-order chi connectivity index (χ1) is 7.16. The fourth-order valence-corrected chi connectivity index (χ4v) is 1.17. The van der Waals surface area contributed by atoms with E-state index in [0.717, 1.165) is 0 Å². The number of halogens is 5. The number of nitrogens with one attached hydrogen (secondary N) is 1. The molecule has 0 unspecified atom stereocenters. The highest BCUT2D eigenvalue weighted by molar-refractivity contribution is 5.17. The molecule has 0 saturated carbocycles. The molecule has 1 aromatic heterocycles. The topological polar surface area (TPSA) is 41.6 Å². The van der Waals surface area contributed by atoms with Crippen LogP contribution in [0.4, 0.5) is 22.0 Å². The molecule has 0 spiro atoms. The highest BCUT2D eigenvalue weighted by Crippen LogP contribution is 2.43. The zero-order valence-electron chi connectivity index (χ0n) is 8.57. The molecule has 0 aromatic carbocycles. The molecule has 1 aromatic rings. The van der Waals surface area contributed by atoms with E-state index >= 15 is 0 Å². The molecule has 0 aliphatic heterocycles. The summed E-state index contributed by atoms with van der Waals surface area (Å²) in [6, 6.07) is 0. The molecule has 0 fully saturated rings. The van der Waals surface area contributed by atoms with Crippen LogP contribution in [0.15, 0.2) is 0 Å². The molecule has 0 aliphatic rings. The van der Waals surface area contributed by atoms with Gasteiger partial charge in [0.05, 0.1) is 5.69 Å². The van der Waals surface area contributed by atoms with Gasteiger partial charge in [-0.1, -0.05) is 13.8 Å². The van der Waals surface area contributed by atoms with E-state index in [9.17, 15) is 22.0 Å². The molecule has 1 rings (SSSR count). The fraction of sp³-hybridized carbons (Fsp3) is 0.750. The summed E-state index contributed by atoms with van der Waals surface area (Å²) in [5.74, 6) is -5.06. The van der Waals surface area contributed by atoms with E-state index < -0.39 is 17.8 Å². The van der Waals surface area contributed by atoms with Crippen molar-refractivity contribution in [2.45, 2.75) is 32.4 Å². The third-order valence-corrected chi connectivity index (χ3v) is 1.88. The predicted molar refractivity (Wildman–Crippen MR) is 44.9 cm³/mol. The number of hydrogen-bond donors (Lipinski definition) is 1. The van der Waals surface area contributed by atoms with Crippen molar-refractivity contribution < 1.29 is 22.0 Å². The second kappa shape index (κ2) is 3.99. The van der Waals surface area contributed by atoms with Gasteiger partial charge in [-0.15, -0.1) is 0 Å². The van der Waals surface area contributed by atoms with E-state index in [4.69, 9.17) is 0 Å². The summed E-state index contributed by atoms with van der Waals surface area (Å²) in [6.07, 6.45) is -5.65. The lowest BCUT2D eigenvalue weighted by Crippen LogP contribution is -2.35. The van der Waals surface area contributed by atoms with Gasteiger partial charge < -0.3 is 0 Å². The van der Waals surface area contributed by atoms with Crippen molar-refractivity contribution in [3.05, 3.63) is 11.4 Å². The summed E-state index contributed by atoms with van der Waals surface area (Å²) in [7, 11) is 0. The van der Waals surface area contributed by atoms with Crippen molar-refractivity contribution in [1.82, 2.24) is 15.4 Å². The third-order valence-electron chi connectivity index (χ3n) is 1.88. The number of alkyl halides is 5. The van der Waals surface area contributed by atoms with Crippen molar-refractivity contribution in [2.24, 2.45) is 5.92 Å². The molecule has 8 heteroatoms. The Morgan fingerprint density at radius 1 is 1.12 bits per heavy atom. The monoisotopic (exact) mass is 243 g/mol. The number of hydrogen-bond acceptors (Lipinski definition) is 2. The fourth-order valence-electron chi connectivity index (χ4n) is 1.17. The zero-order chi connectivity index (χ0) is 12.6. The van der Waals surface area contributed by atoms with E-state index in [1.54, 1.807) is 19.1 Å². The number of aromatic nitrogens is 3. The number of nitrogens with zero attached hydrogens (tertiary/aromatic N) is 2. The summed E-state index contributed by atoms with van der Waals surface area (Å²) in [5, 5.41) is 8.02. The first-order valence-electron chi connectivity index (χ1n) is 4.51. The molecule has 92 valence electrons. The van der Waals surface area contributed by atoms with E-state index in [-0.39, 0.29) is 18.0 Å². The van der Waals surface area contributed by atoms with Gasteiger partial charge in [-0.3, -0.25) is 0 Å². The van der Waals surface area contributed by atoms with Crippen LogP contribution >= 0.6 is 0 Å². The van der Waals surface area contributed by atoms with Gasteiger partial charge in [0.1, 0.15) is 0 Å². The molecule has 1 N–H and O–H groups in total. The van der Waals surface area contributed by atoms with Crippen molar-refractivity contribution in [1.29, 1.82) is 0 Å². The van der Waals surface area contributed by atoms with E-state index in [1.807, 2.05) is 0 Å². The van der Waals surface area contributed by atoms with Gasteiger partial charge in [0.15, 0.2) is 5.69 Å². The lowest BCUT2D eigenvalue weighted by molar-refractivity contribution is -0.291. The molecule has 0 bridgehead atoms. The number of aromatic amines is 1. The summed E-state index contributed by atoms with van der Waals surface area (Å²) in [4.78, 5) is 0. The smallest absolute Gasteiger partial charge is 0.197 e. The van der Waals surface area contributed by atoms with Crippen LogP contribution in [0.1, 0.15) is 25.2 Å². The molecule has 3 nitrogen and oxygen atoms in total. The zero-order valence-corrected chi connectivity index (χ0v) is 8.57. The van der Waals surface area contributed by atoms with Crippen LogP contribution in [0, 0.1) is 5.92 Å². The molecule has 0 atom stereocenters. The Morgan fingerprint density at radius 2 is 1.69 bits per heavy atom. The Balaban J connectivity index is 3.09. The quantitative estimate of drug-likeness (QED) is 0.829. The van der Waals surface area contributed by atoms with Crippen LogP contribution in [0.25, 0.3) is 0 Å². The molecule has 0 aliphatic carbocycles. The summed E-state index contributed by atoms with van der Waals surface area (Å²) in [5.41, 5.74) is -1.69. The molecule has 1 heterocycles. The van der Waals surface area contributed by atoms with Gasteiger partial charge in [-0.05, 0) is 12.3 Å². The third kappa shape index (κ3) is 2.30. The van der Waals surface area contributed by atoms with Crippen molar-refractivity contribution in [3.63, 3.8) is 0 Å². The maximum Gasteiger partial charge on any atom is 0.459 e. The van der Waals surface area contributed by atoms with Gasteiger partial charge in [-0.25, -0.2) is 0 Å². The van der Waals surface area contributed by atoms with Gasteiger partial charge in [0.2, 0.25) is 0 Å². The molecular weight excluding hydrogens is 233 g/mol. The minimum atomic E-state index is -5.66. The Bertz CT molecular complexity index is 355. The predicted octanol–water partition coefficient (Wildman–Crippen LogP) is 2.66. The molecular formula is C8H10F5N3. The normalized spacial score (nSPS) is 13.5. The lowest BCUT2D eigenvalue weighted by Gasteiger charge is -2.18. The van der Waals surface area contributed by atoms with Crippen molar-refractivity contribution >= 4 is 0 Å². The molecule has 0 radical (unpaired) electrons. The first kappa shape index (κ1) is 12.9. The van der Waals surface area contributed by atoms with Crippen LogP contribution in [0.3, 0.4) is 0 Å². The Hall–Kier alpha value is -1.21. The average Bonchev–Trinajstić information content (AvgIpc) is 2.49. The van der Waals surface area contributed by atoms with Gasteiger partial charge in [0, 0.05) is 0 Å². The highest BCUT2D eigenvalue weighted by atomic mass is 19.4. The minimum absolute atomic E-state index is 0.0114. The van der Waals surface area contributed by atoms with Crippen LogP contribution in [0.5, 0.6) is 0 Å². The van der Waals surface area contributed by atoms with Gasteiger partial charge >= 0.3 is 12.1 Å². The molecule has 0 saturated heterocycles. The van der Waals surface area contributed by atoms with Crippen LogP contribution in [0.2, 0.25) is 0 Å². The maximum absolute atomic E-state index is 13.0. The van der Waals surface area contributed by atoms with Crippen molar-refractivity contribution in [2.75, 3.05) is 0 Å². The van der Waals surface area contributed by atoms with E-state index in [2.05, 4.69) is 10.2 Å². The minimum Gasteiger partial charge on any atom is -0.197 e. The summed E-state index contributed by atoms with van der Waals surface area (Å²) >= 11 is 0. The second-order valence-electron chi connectivity index (χ2n) is 3.79. The first-order valence-corrected chi connectivity index (χ1v) is 4.51. The Kier molecular flexibility index (Phi) is 3.20. The number of H-pyrrole nitrogens is 1. The van der Waals surface area contributed by atoms with Gasteiger partial charge in [-0.2, -0.15) is 37.4 Å². The summed E-state index contributed by atoms with van der Waals surface area (Å²) in [6.45, 7) is 3.37. The van der Waals surface area contributed by atoms with Crippen molar-refractivity contribution in [3.8, 4) is 0 Å². The SMILES string of the molecule is CC(C)Cc1n[nH]nc1C(F)(F)C(F)(F)F. The number of rotatable bonds is 3. The summed E-state index contributed by atoms with van der Waals surface area (Å²) < 4.78 is 62.2. The molecule has 0 amide bonds. The molecule has 16 heavy (non-hydrogen) atoms. The van der Waals surface area contributed by atoms with Gasteiger partial charge in [0.25, 0.3) is 0 Å². The van der Waals surface area contributed by atoms with Crippen LogP contribution in [-0.2, 0) is 12.3 Å². The Morgan fingerprint density at radius 3 is 2.12 bits per heavy atom. The highest BCUT2D eigenvalue weighted by Gasteiger charge is 2.61. The van der Waals surface area contributed by atoms with E-state index in [0.29, 0.717) is 0 Å².